The summed E-state index contributed by atoms with van der Waals surface area (Å²) in [7, 11) is 0. The van der Waals surface area contributed by atoms with Crippen LogP contribution < -0.4 is 0 Å². The van der Waals surface area contributed by atoms with Crippen molar-refractivity contribution >= 4 is 27.5 Å². The average molecular weight is 398 g/mol. The molecule has 5 aromatic rings. The molecule has 0 amide bonds. The number of rotatable bonds is 4. The van der Waals surface area contributed by atoms with Crippen LogP contribution in [0, 0.1) is 13.8 Å². The van der Waals surface area contributed by atoms with Gasteiger partial charge in [-0.15, -0.1) is 10.2 Å². The van der Waals surface area contributed by atoms with Crippen LogP contribution in [-0.2, 0) is 11.3 Å². The zero-order valence-corrected chi connectivity index (χ0v) is 16.5. The fourth-order valence-corrected chi connectivity index (χ4v) is 3.70. The summed E-state index contributed by atoms with van der Waals surface area (Å²) < 4.78 is 16.7. The molecular weight excluding hydrogens is 380 g/mol. The third kappa shape index (κ3) is 3.12. The van der Waals surface area contributed by atoms with E-state index in [0.29, 0.717) is 17.2 Å². The summed E-state index contributed by atoms with van der Waals surface area (Å²) >= 11 is 0. The maximum Gasteiger partial charge on any atom is 0.339 e. The molecule has 6 nitrogen and oxygen atoms in total. The molecule has 0 N–H and O–H groups in total. The largest absolute Gasteiger partial charge is 0.466 e. The van der Waals surface area contributed by atoms with Crippen molar-refractivity contribution in [2.75, 3.05) is 0 Å². The van der Waals surface area contributed by atoms with Gasteiger partial charge < -0.3 is 13.6 Å². The lowest BCUT2D eigenvalue weighted by molar-refractivity contribution is 0.0443. The number of hydrogen-bond acceptors (Lipinski definition) is 6. The molecule has 0 bridgehead atoms. The van der Waals surface area contributed by atoms with E-state index in [1.165, 1.54) is 0 Å². The highest BCUT2D eigenvalue weighted by molar-refractivity contribution is 6.16. The smallest absolute Gasteiger partial charge is 0.339 e. The summed E-state index contributed by atoms with van der Waals surface area (Å²) in [6.07, 6.45) is 0. The molecule has 0 fully saturated rings. The van der Waals surface area contributed by atoms with Crippen molar-refractivity contribution < 1.29 is 18.4 Å². The third-order valence-corrected chi connectivity index (χ3v) is 5.04. The van der Waals surface area contributed by atoms with Crippen LogP contribution in [0.3, 0.4) is 0 Å². The van der Waals surface area contributed by atoms with Gasteiger partial charge in [-0.2, -0.15) is 0 Å². The van der Waals surface area contributed by atoms with Gasteiger partial charge in [0.2, 0.25) is 0 Å². The molecule has 5 rings (SSSR count). The van der Waals surface area contributed by atoms with Crippen LogP contribution in [-0.4, -0.2) is 16.2 Å². The Bertz CT molecular complexity index is 1340. The molecular formula is C24H18N2O4. The number of ether oxygens (including phenoxy) is 1. The van der Waals surface area contributed by atoms with Gasteiger partial charge >= 0.3 is 5.97 Å². The predicted octanol–water partition coefficient (Wildman–Crippen LogP) is 5.61. The fraction of sp³-hybridized carbons (Fsp3) is 0.125. The van der Waals surface area contributed by atoms with Gasteiger partial charge in [0.05, 0.1) is 11.1 Å². The number of benzene rings is 3. The Morgan fingerprint density at radius 3 is 2.20 bits per heavy atom. The number of aryl methyl sites for hydroxylation is 2. The molecule has 30 heavy (non-hydrogen) atoms. The summed E-state index contributed by atoms with van der Waals surface area (Å²) in [5.41, 5.74) is 1.27. The third-order valence-electron chi connectivity index (χ3n) is 5.04. The normalized spacial score (nSPS) is 11.3. The van der Waals surface area contributed by atoms with E-state index >= 15 is 0 Å². The van der Waals surface area contributed by atoms with Crippen LogP contribution in [0.2, 0.25) is 0 Å². The van der Waals surface area contributed by atoms with Crippen molar-refractivity contribution in [2.24, 2.45) is 0 Å². The van der Waals surface area contributed by atoms with Gasteiger partial charge in [0, 0.05) is 0 Å². The van der Waals surface area contributed by atoms with E-state index in [-0.39, 0.29) is 12.5 Å². The molecule has 6 heteroatoms. The van der Waals surface area contributed by atoms with Crippen molar-refractivity contribution in [3.8, 4) is 11.5 Å². The average Bonchev–Trinajstić information content (AvgIpc) is 3.35. The molecule has 3 aromatic carbocycles. The number of fused-ring (bicyclic) bond motifs is 2. The Morgan fingerprint density at radius 1 is 0.900 bits per heavy atom. The monoisotopic (exact) mass is 398 g/mol. The summed E-state index contributed by atoms with van der Waals surface area (Å²) in [6.45, 7) is 3.57. The summed E-state index contributed by atoms with van der Waals surface area (Å²) in [5, 5.41) is 11.7. The van der Waals surface area contributed by atoms with Crippen LogP contribution in [0.5, 0.6) is 0 Å². The van der Waals surface area contributed by atoms with Crippen LogP contribution in [0.15, 0.2) is 69.5 Å². The van der Waals surface area contributed by atoms with E-state index in [1.807, 2.05) is 68.4 Å². The Hall–Kier alpha value is -3.93. The molecule has 2 aromatic heterocycles. The van der Waals surface area contributed by atoms with E-state index in [1.54, 1.807) is 0 Å². The number of nitrogens with zero attached hydrogens (tertiary/aromatic N) is 2. The van der Waals surface area contributed by atoms with Crippen molar-refractivity contribution in [1.82, 2.24) is 10.2 Å². The zero-order valence-electron chi connectivity index (χ0n) is 16.5. The Kier molecular flexibility index (Phi) is 4.32. The molecule has 0 radical (unpaired) electrons. The Balaban J connectivity index is 1.45. The van der Waals surface area contributed by atoms with Gasteiger partial charge in [0.1, 0.15) is 11.5 Å². The molecule has 0 spiro atoms. The zero-order chi connectivity index (χ0) is 20.7. The molecule has 0 aliphatic carbocycles. The molecule has 2 heterocycles. The number of hydrogen-bond donors (Lipinski definition) is 0. The highest BCUT2D eigenvalue weighted by atomic mass is 16.5. The number of carbonyl (C=O) groups is 1. The maximum absolute atomic E-state index is 13.1. The lowest BCUT2D eigenvalue weighted by Crippen LogP contribution is -2.07. The van der Waals surface area contributed by atoms with Crippen molar-refractivity contribution in [1.29, 1.82) is 0 Å². The highest BCUT2D eigenvalue weighted by Gasteiger charge is 2.19. The van der Waals surface area contributed by atoms with Crippen molar-refractivity contribution in [3.05, 3.63) is 83.6 Å². The highest BCUT2D eigenvalue weighted by Crippen LogP contribution is 2.30. The first-order valence-electron chi connectivity index (χ1n) is 9.57. The van der Waals surface area contributed by atoms with E-state index < -0.39 is 5.97 Å². The lowest BCUT2D eigenvalue weighted by atomic mass is 9.97. The number of esters is 1. The molecule has 0 aliphatic heterocycles. The minimum atomic E-state index is -0.432. The van der Waals surface area contributed by atoms with Crippen LogP contribution in [0.25, 0.3) is 33.0 Å². The van der Waals surface area contributed by atoms with Crippen LogP contribution >= 0.6 is 0 Å². The maximum atomic E-state index is 13.1. The second-order valence-electron chi connectivity index (χ2n) is 7.10. The van der Waals surface area contributed by atoms with Crippen molar-refractivity contribution in [3.63, 3.8) is 0 Å². The fourth-order valence-electron chi connectivity index (χ4n) is 3.70. The van der Waals surface area contributed by atoms with E-state index in [9.17, 15) is 4.79 Å². The topological polar surface area (TPSA) is 78.4 Å². The van der Waals surface area contributed by atoms with Gasteiger partial charge in [-0.25, -0.2) is 4.79 Å². The molecule has 148 valence electrons. The second-order valence-corrected chi connectivity index (χ2v) is 7.10. The number of furan rings is 1. The SMILES string of the molecule is Cc1cc(-c2nnc(COC(=O)c3c4ccccc4cc4ccccc34)o2)c(C)o1. The molecule has 0 aliphatic rings. The van der Waals surface area contributed by atoms with E-state index in [4.69, 9.17) is 13.6 Å². The molecule has 0 saturated carbocycles. The quantitative estimate of drug-likeness (QED) is 0.289. The van der Waals surface area contributed by atoms with Gasteiger partial charge in [0.15, 0.2) is 6.61 Å². The Labute approximate surface area is 172 Å². The van der Waals surface area contributed by atoms with E-state index in [0.717, 1.165) is 32.9 Å². The van der Waals surface area contributed by atoms with Gasteiger partial charge in [-0.3, -0.25) is 0 Å². The van der Waals surface area contributed by atoms with Gasteiger partial charge in [-0.05, 0) is 47.5 Å². The summed E-state index contributed by atoms with van der Waals surface area (Å²) in [6, 6.07) is 19.4. The number of carbonyl (C=O) groups excluding carboxylic acids is 1. The first kappa shape index (κ1) is 18.1. The van der Waals surface area contributed by atoms with Crippen molar-refractivity contribution in [2.45, 2.75) is 20.5 Å². The lowest BCUT2D eigenvalue weighted by Gasteiger charge is -2.10. The minimum absolute atomic E-state index is 0.112. The second kappa shape index (κ2) is 7.15. The van der Waals surface area contributed by atoms with Crippen LogP contribution in [0.4, 0.5) is 0 Å². The molecule has 0 unspecified atom stereocenters. The predicted molar refractivity (Wildman–Crippen MR) is 112 cm³/mol. The van der Waals surface area contributed by atoms with Crippen LogP contribution in [0.1, 0.15) is 27.8 Å². The van der Waals surface area contributed by atoms with E-state index in [2.05, 4.69) is 16.3 Å². The number of aromatic nitrogens is 2. The Morgan fingerprint density at radius 2 is 1.57 bits per heavy atom. The van der Waals surface area contributed by atoms with Gasteiger partial charge in [0.25, 0.3) is 11.8 Å². The summed E-state index contributed by atoms with van der Waals surface area (Å²) in [4.78, 5) is 13.1. The first-order valence-corrected chi connectivity index (χ1v) is 9.57. The standard InChI is InChI=1S/C24H18N2O4/c1-14-11-20(15(2)29-14)23-26-25-21(30-23)13-28-24(27)22-18-9-5-3-7-16(18)12-17-8-4-6-10-19(17)22/h3-12H,13H2,1-2H3. The summed E-state index contributed by atoms with van der Waals surface area (Å²) in [5.74, 6) is 1.59. The first-order chi connectivity index (χ1) is 14.6. The minimum Gasteiger partial charge on any atom is -0.466 e. The molecule has 0 saturated heterocycles. The molecule has 0 atom stereocenters. The van der Waals surface area contributed by atoms with Gasteiger partial charge in [-0.1, -0.05) is 48.5 Å².